The molecule has 9 nitrogen and oxygen atoms in total. The van der Waals surface area contributed by atoms with Gasteiger partial charge in [-0.1, -0.05) is 11.2 Å². The molecule has 3 heterocycles. The molecule has 0 aliphatic carbocycles. The zero-order valence-corrected chi connectivity index (χ0v) is 18.3. The summed E-state index contributed by atoms with van der Waals surface area (Å²) in [5.41, 5.74) is 1.77. The predicted octanol–water partition coefficient (Wildman–Crippen LogP) is 2.68. The molecule has 0 unspecified atom stereocenters. The third-order valence-electron chi connectivity index (χ3n) is 5.53. The summed E-state index contributed by atoms with van der Waals surface area (Å²) < 4.78 is 16.1. The van der Waals surface area contributed by atoms with Gasteiger partial charge >= 0.3 is 0 Å². The van der Waals surface area contributed by atoms with Crippen molar-refractivity contribution in [2.45, 2.75) is 25.9 Å². The number of nitrogens with one attached hydrogen (secondary N) is 1. The summed E-state index contributed by atoms with van der Waals surface area (Å²) in [7, 11) is 3.18. The quantitative estimate of drug-likeness (QED) is 0.574. The molecule has 0 spiro atoms. The van der Waals surface area contributed by atoms with E-state index >= 15 is 0 Å². The third kappa shape index (κ3) is 5.23. The number of hydrogen-bond donors (Lipinski definition) is 1. The summed E-state index contributed by atoms with van der Waals surface area (Å²) in [6.45, 7) is 2.54. The van der Waals surface area contributed by atoms with E-state index in [2.05, 4.69) is 25.3 Å². The molecule has 9 heteroatoms. The number of aromatic nitrogens is 3. The lowest BCUT2D eigenvalue weighted by Crippen LogP contribution is -2.42. The van der Waals surface area contributed by atoms with Crippen LogP contribution in [0, 0.1) is 5.92 Å². The van der Waals surface area contributed by atoms with Gasteiger partial charge in [0.1, 0.15) is 0 Å². The van der Waals surface area contributed by atoms with E-state index in [1.165, 1.54) is 0 Å². The SMILES string of the molecule is COc1ccc(-c2noc(CN3CCC[C@H](C(=O)NCc4cccnc4)C3)n2)cc1OC. The molecule has 32 heavy (non-hydrogen) atoms. The van der Waals surface area contributed by atoms with Crippen LogP contribution in [0.2, 0.25) is 0 Å². The van der Waals surface area contributed by atoms with E-state index in [1.54, 1.807) is 26.6 Å². The van der Waals surface area contributed by atoms with E-state index in [-0.39, 0.29) is 11.8 Å². The van der Waals surface area contributed by atoms with Crippen molar-refractivity contribution in [3.63, 3.8) is 0 Å². The van der Waals surface area contributed by atoms with Crippen LogP contribution in [0.25, 0.3) is 11.4 Å². The fourth-order valence-electron chi connectivity index (χ4n) is 3.85. The van der Waals surface area contributed by atoms with Crippen molar-refractivity contribution in [3.8, 4) is 22.9 Å². The number of methoxy groups -OCH3 is 2. The van der Waals surface area contributed by atoms with Crippen LogP contribution in [0.4, 0.5) is 0 Å². The number of benzene rings is 1. The maximum atomic E-state index is 12.6. The molecule has 0 saturated carbocycles. The normalized spacial score (nSPS) is 16.5. The largest absolute Gasteiger partial charge is 0.493 e. The molecule has 1 fully saturated rings. The van der Waals surface area contributed by atoms with E-state index in [4.69, 9.17) is 14.0 Å². The summed E-state index contributed by atoms with van der Waals surface area (Å²) in [4.78, 5) is 23.4. The van der Waals surface area contributed by atoms with Gasteiger partial charge < -0.3 is 19.3 Å². The van der Waals surface area contributed by atoms with Crippen LogP contribution >= 0.6 is 0 Å². The maximum Gasteiger partial charge on any atom is 0.241 e. The fraction of sp³-hybridized carbons (Fsp3) is 0.391. The van der Waals surface area contributed by atoms with Gasteiger partial charge in [0.15, 0.2) is 11.5 Å². The zero-order valence-electron chi connectivity index (χ0n) is 18.3. The summed E-state index contributed by atoms with van der Waals surface area (Å²) in [6.07, 6.45) is 5.30. The van der Waals surface area contributed by atoms with Crippen LogP contribution in [-0.4, -0.2) is 53.2 Å². The van der Waals surface area contributed by atoms with Crippen LogP contribution in [-0.2, 0) is 17.9 Å². The number of ether oxygens (including phenoxy) is 2. The van der Waals surface area contributed by atoms with E-state index in [0.717, 1.165) is 30.5 Å². The first kappa shape index (κ1) is 21.8. The number of likely N-dealkylation sites (tertiary alicyclic amines) is 1. The van der Waals surface area contributed by atoms with Gasteiger partial charge in [-0.2, -0.15) is 4.98 Å². The molecule has 1 atom stereocenters. The number of carbonyl (C=O) groups excluding carboxylic acids is 1. The number of rotatable bonds is 8. The van der Waals surface area contributed by atoms with Crippen molar-refractivity contribution in [3.05, 3.63) is 54.2 Å². The minimum atomic E-state index is -0.0614. The van der Waals surface area contributed by atoms with Gasteiger partial charge in [-0.15, -0.1) is 0 Å². The number of pyridine rings is 1. The van der Waals surface area contributed by atoms with Crippen molar-refractivity contribution in [2.75, 3.05) is 27.3 Å². The molecule has 2 aromatic heterocycles. The van der Waals surface area contributed by atoms with Crippen molar-refractivity contribution in [2.24, 2.45) is 5.92 Å². The Balaban J connectivity index is 1.34. The molecule has 168 valence electrons. The van der Waals surface area contributed by atoms with Gasteiger partial charge in [0.2, 0.25) is 17.6 Å². The summed E-state index contributed by atoms with van der Waals surface area (Å²) in [5.74, 6) is 2.26. The van der Waals surface area contributed by atoms with E-state index in [0.29, 0.717) is 42.8 Å². The van der Waals surface area contributed by atoms with Crippen LogP contribution in [0.1, 0.15) is 24.3 Å². The number of carbonyl (C=O) groups is 1. The third-order valence-corrected chi connectivity index (χ3v) is 5.53. The minimum absolute atomic E-state index is 0.0614. The standard InChI is InChI=1S/C23H27N5O4/c1-30-19-8-7-17(11-20(19)31-2)22-26-21(32-27-22)15-28-10-4-6-18(14-28)23(29)25-13-16-5-3-9-24-12-16/h3,5,7-9,11-12,18H,4,6,10,13-15H2,1-2H3,(H,25,29)/t18-/m0/s1. The first-order valence-electron chi connectivity index (χ1n) is 10.6. The molecular formula is C23H27N5O4. The lowest BCUT2D eigenvalue weighted by molar-refractivity contribution is -0.127. The van der Waals surface area contributed by atoms with Gasteiger partial charge in [0, 0.05) is 31.0 Å². The number of piperidine rings is 1. The Kier molecular flexibility index (Phi) is 6.96. The first-order valence-corrected chi connectivity index (χ1v) is 10.6. The average Bonchev–Trinajstić information content (AvgIpc) is 3.31. The topological polar surface area (TPSA) is 103 Å². The Morgan fingerprint density at radius 2 is 2.12 bits per heavy atom. The molecule has 1 N–H and O–H groups in total. The molecule has 1 aliphatic rings. The van der Waals surface area contributed by atoms with Crippen molar-refractivity contribution in [1.29, 1.82) is 0 Å². The van der Waals surface area contributed by atoms with Crippen molar-refractivity contribution >= 4 is 5.91 Å². The number of hydrogen-bond acceptors (Lipinski definition) is 8. The summed E-state index contributed by atoms with van der Waals surface area (Å²) in [5, 5.41) is 7.13. The Morgan fingerprint density at radius 3 is 2.91 bits per heavy atom. The summed E-state index contributed by atoms with van der Waals surface area (Å²) in [6, 6.07) is 9.30. The highest BCUT2D eigenvalue weighted by atomic mass is 16.5. The highest BCUT2D eigenvalue weighted by Gasteiger charge is 2.27. The lowest BCUT2D eigenvalue weighted by Gasteiger charge is -2.30. The van der Waals surface area contributed by atoms with E-state index in [1.807, 2.05) is 30.3 Å². The molecule has 3 aromatic rings. The lowest BCUT2D eigenvalue weighted by atomic mass is 9.97. The highest BCUT2D eigenvalue weighted by molar-refractivity contribution is 5.78. The van der Waals surface area contributed by atoms with Gasteiger partial charge in [-0.05, 0) is 49.2 Å². The predicted molar refractivity (Wildman–Crippen MR) is 117 cm³/mol. The Bertz CT molecular complexity index is 1040. The second-order valence-corrected chi connectivity index (χ2v) is 7.73. The molecule has 4 rings (SSSR count). The highest BCUT2D eigenvalue weighted by Crippen LogP contribution is 2.31. The van der Waals surface area contributed by atoms with Crippen LogP contribution in [0.5, 0.6) is 11.5 Å². The molecule has 0 radical (unpaired) electrons. The molecule has 0 bridgehead atoms. The molecule has 1 saturated heterocycles. The monoisotopic (exact) mass is 437 g/mol. The summed E-state index contributed by atoms with van der Waals surface area (Å²) >= 11 is 0. The van der Waals surface area contributed by atoms with Gasteiger partial charge in [-0.25, -0.2) is 0 Å². The second kappa shape index (κ2) is 10.2. The molecule has 1 amide bonds. The smallest absolute Gasteiger partial charge is 0.241 e. The Morgan fingerprint density at radius 1 is 1.25 bits per heavy atom. The fourth-order valence-corrected chi connectivity index (χ4v) is 3.85. The van der Waals surface area contributed by atoms with E-state index < -0.39 is 0 Å². The average molecular weight is 438 g/mol. The molecule has 1 aliphatic heterocycles. The van der Waals surface area contributed by atoms with Crippen LogP contribution in [0.3, 0.4) is 0 Å². The number of nitrogens with zero attached hydrogens (tertiary/aromatic N) is 4. The van der Waals surface area contributed by atoms with Gasteiger partial charge in [-0.3, -0.25) is 14.7 Å². The molecule has 1 aromatic carbocycles. The zero-order chi connectivity index (χ0) is 22.3. The van der Waals surface area contributed by atoms with E-state index in [9.17, 15) is 4.79 Å². The number of amides is 1. The molecular weight excluding hydrogens is 410 g/mol. The maximum absolute atomic E-state index is 12.6. The van der Waals surface area contributed by atoms with Gasteiger partial charge in [0.25, 0.3) is 0 Å². The van der Waals surface area contributed by atoms with Crippen molar-refractivity contribution in [1.82, 2.24) is 25.3 Å². The first-order chi connectivity index (χ1) is 15.7. The second-order valence-electron chi connectivity index (χ2n) is 7.73. The minimum Gasteiger partial charge on any atom is -0.493 e. The Labute approximate surface area is 186 Å². The van der Waals surface area contributed by atoms with Gasteiger partial charge in [0.05, 0.1) is 26.7 Å². The van der Waals surface area contributed by atoms with Crippen LogP contribution in [0.15, 0.2) is 47.2 Å². The van der Waals surface area contributed by atoms with Crippen LogP contribution < -0.4 is 14.8 Å². The van der Waals surface area contributed by atoms with Crippen molar-refractivity contribution < 1.29 is 18.8 Å². The Hall–Kier alpha value is -3.46.